The van der Waals surface area contributed by atoms with Gasteiger partial charge in [-0.2, -0.15) is 0 Å². The molecule has 0 radical (unpaired) electrons. The standard InChI is InChI=1S/C12H20N2O3S2/c1-14(2)12(6-3-7-12)9-13-19(16,17)11-5-4-10(8-15)18-11/h4-5,13,15H,3,6-9H2,1-2H3. The van der Waals surface area contributed by atoms with Gasteiger partial charge in [-0.1, -0.05) is 0 Å². The van der Waals surface area contributed by atoms with E-state index in [1.165, 1.54) is 0 Å². The van der Waals surface area contributed by atoms with Crippen molar-refractivity contribution >= 4 is 21.4 Å². The molecule has 19 heavy (non-hydrogen) atoms. The summed E-state index contributed by atoms with van der Waals surface area (Å²) in [5.74, 6) is 0. The first kappa shape index (κ1) is 14.9. The Hall–Kier alpha value is -0.470. The Morgan fingerprint density at radius 3 is 2.53 bits per heavy atom. The molecule has 1 heterocycles. The van der Waals surface area contributed by atoms with Gasteiger partial charge in [0.05, 0.1) is 6.61 Å². The third-order valence-corrected chi connectivity index (χ3v) is 6.84. The van der Waals surface area contributed by atoms with Crippen molar-refractivity contribution in [2.45, 2.75) is 35.6 Å². The molecule has 7 heteroatoms. The third kappa shape index (κ3) is 3.00. The Labute approximate surface area is 118 Å². The summed E-state index contributed by atoms with van der Waals surface area (Å²) in [6.07, 6.45) is 3.19. The lowest BCUT2D eigenvalue weighted by Gasteiger charge is -2.47. The lowest BCUT2D eigenvalue weighted by Crippen LogP contribution is -2.57. The number of sulfonamides is 1. The lowest BCUT2D eigenvalue weighted by molar-refractivity contribution is 0.0657. The Bertz CT molecular complexity index is 533. The maximum Gasteiger partial charge on any atom is 0.250 e. The van der Waals surface area contributed by atoms with E-state index in [4.69, 9.17) is 5.11 Å². The van der Waals surface area contributed by atoms with E-state index in [0.29, 0.717) is 11.4 Å². The van der Waals surface area contributed by atoms with Crippen LogP contribution in [0.25, 0.3) is 0 Å². The predicted molar refractivity (Wildman–Crippen MR) is 75.7 cm³/mol. The summed E-state index contributed by atoms with van der Waals surface area (Å²) in [5.41, 5.74) is -0.0376. The summed E-state index contributed by atoms with van der Waals surface area (Å²) in [7, 11) is 0.515. The van der Waals surface area contributed by atoms with Crippen molar-refractivity contribution in [3.05, 3.63) is 17.0 Å². The first-order valence-corrected chi connectivity index (χ1v) is 8.56. The van der Waals surface area contributed by atoms with E-state index in [2.05, 4.69) is 9.62 Å². The number of hydrogen-bond donors (Lipinski definition) is 2. The summed E-state index contributed by atoms with van der Waals surface area (Å²) in [6.45, 7) is 0.316. The number of nitrogens with one attached hydrogen (secondary N) is 1. The van der Waals surface area contributed by atoms with Crippen molar-refractivity contribution in [1.82, 2.24) is 9.62 Å². The first-order valence-electron chi connectivity index (χ1n) is 6.26. The van der Waals surface area contributed by atoms with Crippen LogP contribution in [0.4, 0.5) is 0 Å². The molecule has 0 aliphatic heterocycles. The van der Waals surface area contributed by atoms with Crippen molar-refractivity contribution in [3.8, 4) is 0 Å². The van der Waals surface area contributed by atoms with Gasteiger partial charge in [-0.05, 0) is 45.5 Å². The van der Waals surface area contributed by atoms with Gasteiger partial charge in [0.2, 0.25) is 10.0 Å². The van der Waals surface area contributed by atoms with Gasteiger partial charge in [0.15, 0.2) is 0 Å². The molecule has 0 atom stereocenters. The van der Waals surface area contributed by atoms with E-state index in [1.54, 1.807) is 12.1 Å². The minimum Gasteiger partial charge on any atom is -0.391 e. The molecule has 2 rings (SSSR count). The normalized spacial score (nSPS) is 18.5. The Balaban J connectivity index is 2.05. The van der Waals surface area contributed by atoms with E-state index in [-0.39, 0.29) is 16.4 Å². The van der Waals surface area contributed by atoms with Crippen LogP contribution in [0.2, 0.25) is 0 Å². The van der Waals surface area contributed by atoms with Crippen LogP contribution in [0.5, 0.6) is 0 Å². The highest BCUT2D eigenvalue weighted by Crippen LogP contribution is 2.35. The summed E-state index contributed by atoms with van der Waals surface area (Å²) >= 11 is 1.11. The number of rotatable bonds is 6. The van der Waals surface area contributed by atoms with Crippen molar-refractivity contribution in [1.29, 1.82) is 0 Å². The van der Waals surface area contributed by atoms with Crippen LogP contribution < -0.4 is 4.72 Å². The second kappa shape index (κ2) is 5.49. The lowest BCUT2D eigenvalue weighted by atomic mass is 9.76. The molecule has 0 saturated heterocycles. The van der Waals surface area contributed by atoms with E-state index < -0.39 is 10.0 Å². The zero-order valence-electron chi connectivity index (χ0n) is 11.2. The fraction of sp³-hybridized carbons (Fsp3) is 0.667. The molecular weight excluding hydrogens is 284 g/mol. The number of aliphatic hydroxyl groups is 1. The van der Waals surface area contributed by atoms with Gasteiger partial charge in [-0.25, -0.2) is 13.1 Å². The fourth-order valence-corrected chi connectivity index (χ4v) is 4.64. The highest BCUT2D eigenvalue weighted by atomic mass is 32.2. The average molecular weight is 304 g/mol. The Morgan fingerprint density at radius 2 is 2.11 bits per heavy atom. The molecule has 2 N–H and O–H groups in total. The highest BCUT2D eigenvalue weighted by molar-refractivity contribution is 7.91. The van der Waals surface area contributed by atoms with Gasteiger partial charge in [-0.3, -0.25) is 0 Å². The third-order valence-electron chi connectivity index (χ3n) is 3.88. The zero-order chi connectivity index (χ0) is 14.1. The van der Waals surface area contributed by atoms with E-state index in [1.807, 2.05) is 14.1 Å². The van der Waals surface area contributed by atoms with Crippen LogP contribution >= 0.6 is 11.3 Å². The van der Waals surface area contributed by atoms with Crippen molar-refractivity contribution in [2.75, 3.05) is 20.6 Å². The average Bonchev–Trinajstić information content (AvgIpc) is 2.76. The fourth-order valence-electron chi connectivity index (χ4n) is 2.26. The van der Waals surface area contributed by atoms with Crippen LogP contribution in [0.1, 0.15) is 24.1 Å². The molecule has 0 aromatic carbocycles. The van der Waals surface area contributed by atoms with Gasteiger partial charge in [0.25, 0.3) is 0 Å². The SMILES string of the molecule is CN(C)C1(CNS(=O)(=O)c2ccc(CO)s2)CCC1. The monoisotopic (exact) mass is 304 g/mol. The van der Waals surface area contributed by atoms with E-state index in [9.17, 15) is 8.42 Å². The van der Waals surface area contributed by atoms with Crippen LogP contribution in [0, 0.1) is 0 Å². The molecule has 0 bridgehead atoms. The molecule has 1 saturated carbocycles. The van der Waals surface area contributed by atoms with Crippen LogP contribution in [0.3, 0.4) is 0 Å². The predicted octanol–water partition coefficient (Wildman–Crippen LogP) is 1.00. The molecule has 108 valence electrons. The van der Waals surface area contributed by atoms with Gasteiger partial charge >= 0.3 is 0 Å². The first-order chi connectivity index (χ1) is 8.89. The quantitative estimate of drug-likeness (QED) is 0.823. The largest absolute Gasteiger partial charge is 0.391 e. The Morgan fingerprint density at radius 1 is 1.42 bits per heavy atom. The smallest absolute Gasteiger partial charge is 0.250 e. The minimum absolute atomic E-state index is 0.0376. The summed E-state index contributed by atoms with van der Waals surface area (Å²) < 4.78 is 27.3. The number of nitrogens with zero attached hydrogens (tertiary/aromatic N) is 1. The molecule has 0 spiro atoms. The molecule has 5 nitrogen and oxygen atoms in total. The number of hydrogen-bond acceptors (Lipinski definition) is 5. The zero-order valence-corrected chi connectivity index (χ0v) is 12.9. The maximum absolute atomic E-state index is 12.2. The van der Waals surface area contributed by atoms with Crippen molar-refractivity contribution < 1.29 is 13.5 Å². The molecule has 1 fully saturated rings. The number of aliphatic hydroxyl groups excluding tert-OH is 1. The minimum atomic E-state index is -3.46. The van der Waals surface area contributed by atoms with Crippen LogP contribution in [0.15, 0.2) is 16.3 Å². The molecule has 0 amide bonds. The molecular formula is C12H20N2O3S2. The molecule has 0 unspecified atom stereocenters. The number of likely N-dealkylation sites (N-methyl/N-ethyl adjacent to an activating group) is 1. The molecule has 1 aromatic heterocycles. The maximum atomic E-state index is 12.2. The van der Waals surface area contributed by atoms with Crippen molar-refractivity contribution in [2.24, 2.45) is 0 Å². The molecule has 1 aliphatic rings. The van der Waals surface area contributed by atoms with E-state index >= 15 is 0 Å². The van der Waals surface area contributed by atoms with E-state index in [0.717, 1.165) is 30.6 Å². The topological polar surface area (TPSA) is 69.6 Å². The van der Waals surface area contributed by atoms with Crippen LogP contribution in [-0.4, -0.2) is 44.6 Å². The summed E-state index contributed by atoms with van der Waals surface area (Å²) in [6, 6.07) is 3.19. The Kier molecular flexibility index (Phi) is 4.32. The highest BCUT2D eigenvalue weighted by Gasteiger charge is 2.39. The summed E-state index contributed by atoms with van der Waals surface area (Å²) in [4.78, 5) is 2.76. The second-order valence-corrected chi connectivity index (χ2v) is 8.34. The van der Waals surface area contributed by atoms with Crippen LogP contribution in [-0.2, 0) is 16.6 Å². The second-order valence-electron chi connectivity index (χ2n) is 5.18. The van der Waals surface area contributed by atoms with Gasteiger partial charge in [0, 0.05) is 17.0 Å². The van der Waals surface area contributed by atoms with Crippen molar-refractivity contribution in [3.63, 3.8) is 0 Å². The van der Waals surface area contributed by atoms with Gasteiger partial charge in [-0.15, -0.1) is 11.3 Å². The molecule has 1 aliphatic carbocycles. The van der Waals surface area contributed by atoms with Gasteiger partial charge < -0.3 is 10.0 Å². The number of thiophene rings is 1. The summed E-state index contributed by atoms with van der Waals surface area (Å²) in [5, 5.41) is 8.98. The van der Waals surface area contributed by atoms with Gasteiger partial charge in [0.1, 0.15) is 4.21 Å². The molecule has 1 aromatic rings.